The summed E-state index contributed by atoms with van der Waals surface area (Å²) < 4.78 is 10.7. The van der Waals surface area contributed by atoms with Crippen molar-refractivity contribution in [1.29, 1.82) is 0 Å². The van der Waals surface area contributed by atoms with Crippen LogP contribution in [0, 0.1) is 0 Å². The van der Waals surface area contributed by atoms with Gasteiger partial charge < -0.3 is 14.2 Å². The predicted molar refractivity (Wildman–Crippen MR) is 89.7 cm³/mol. The van der Waals surface area contributed by atoms with Gasteiger partial charge in [0.05, 0.1) is 13.0 Å². The summed E-state index contributed by atoms with van der Waals surface area (Å²) in [6.07, 6.45) is 3.42. The Morgan fingerprint density at radius 2 is 2.33 bits per heavy atom. The monoisotopic (exact) mass is 329 g/mol. The van der Waals surface area contributed by atoms with Gasteiger partial charge >= 0.3 is 0 Å². The molecule has 6 heteroatoms. The molecule has 0 saturated carbocycles. The molecule has 0 radical (unpaired) electrons. The molecule has 1 saturated heterocycles. The summed E-state index contributed by atoms with van der Waals surface area (Å²) in [6.45, 7) is 3.52. The van der Waals surface area contributed by atoms with Gasteiger partial charge in [-0.1, -0.05) is 24.2 Å². The van der Waals surface area contributed by atoms with E-state index >= 15 is 0 Å². The van der Waals surface area contributed by atoms with Crippen molar-refractivity contribution < 1.29 is 14.1 Å². The Morgan fingerprint density at radius 3 is 3.12 bits per heavy atom. The highest BCUT2D eigenvalue weighted by molar-refractivity contribution is 5.76. The first-order valence-electron chi connectivity index (χ1n) is 8.47. The normalized spacial score (nSPS) is 17.8. The number of carbonyl (C=O) groups excluding carboxylic acids is 1. The van der Waals surface area contributed by atoms with Crippen LogP contribution in [-0.4, -0.2) is 41.1 Å². The van der Waals surface area contributed by atoms with E-state index in [2.05, 4.69) is 10.1 Å². The third-order valence-corrected chi connectivity index (χ3v) is 4.36. The number of hydrogen-bond acceptors (Lipinski definition) is 5. The van der Waals surface area contributed by atoms with Crippen molar-refractivity contribution in [3.05, 3.63) is 30.2 Å². The van der Waals surface area contributed by atoms with Crippen LogP contribution in [0.3, 0.4) is 0 Å². The molecular weight excluding hydrogens is 306 g/mol. The molecule has 0 N–H and O–H groups in total. The summed E-state index contributed by atoms with van der Waals surface area (Å²) in [5.41, 5.74) is 0.860. The maximum atomic E-state index is 12.1. The third-order valence-electron chi connectivity index (χ3n) is 4.36. The number of hydrogen-bond donors (Lipinski definition) is 0. The molecule has 1 aliphatic heterocycles. The number of amides is 1. The Morgan fingerprint density at radius 1 is 1.46 bits per heavy atom. The average Bonchev–Trinajstić information content (AvgIpc) is 3.12. The summed E-state index contributed by atoms with van der Waals surface area (Å²) in [5, 5.41) is 4.10. The van der Waals surface area contributed by atoms with Crippen LogP contribution < -0.4 is 4.74 Å². The van der Waals surface area contributed by atoms with Crippen LogP contribution in [0.2, 0.25) is 0 Å². The van der Waals surface area contributed by atoms with Crippen molar-refractivity contribution in [1.82, 2.24) is 15.0 Å². The molecule has 2 heterocycles. The lowest BCUT2D eigenvalue weighted by Gasteiger charge is -2.31. The number of piperidine rings is 1. The molecule has 2 aromatic rings. The zero-order valence-corrected chi connectivity index (χ0v) is 14.2. The van der Waals surface area contributed by atoms with E-state index in [4.69, 9.17) is 9.26 Å². The van der Waals surface area contributed by atoms with Crippen LogP contribution in [0.15, 0.2) is 28.8 Å². The van der Waals surface area contributed by atoms with Gasteiger partial charge in [0, 0.05) is 25.1 Å². The smallest absolute Gasteiger partial charge is 0.231 e. The second-order valence-electron chi connectivity index (χ2n) is 6.12. The SMILES string of the molecule is CCCC(=O)N1CCC[C@@H](c2nc(-c3cccc(OC)c3)no2)C1. The van der Waals surface area contributed by atoms with Gasteiger partial charge in [0.2, 0.25) is 17.6 Å². The van der Waals surface area contributed by atoms with Gasteiger partial charge in [-0.25, -0.2) is 0 Å². The highest BCUT2D eigenvalue weighted by atomic mass is 16.5. The average molecular weight is 329 g/mol. The molecule has 1 aromatic carbocycles. The Kier molecular flexibility index (Phi) is 5.13. The number of nitrogens with zero attached hydrogens (tertiary/aromatic N) is 3. The molecular formula is C18H23N3O3. The molecule has 0 bridgehead atoms. The van der Waals surface area contributed by atoms with Crippen molar-refractivity contribution in [2.24, 2.45) is 0 Å². The molecule has 1 fully saturated rings. The van der Waals surface area contributed by atoms with E-state index in [-0.39, 0.29) is 11.8 Å². The van der Waals surface area contributed by atoms with E-state index in [0.717, 1.165) is 37.1 Å². The first kappa shape index (κ1) is 16.5. The quantitative estimate of drug-likeness (QED) is 0.842. The summed E-state index contributed by atoms with van der Waals surface area (Å²) in [5.74, 6) is 2.26. The lowest BCUT2D eigenvalue weighted by atomic mass is 9.97. The Balaban J connectivity index is 1.74. The summed E-state index contributed by atoms with van der Waals surface area (Å²) in [6, 6.07) is 7.58. The van der Waals surface area contributed by atoms with E-state index in [1.165, 1.54) is 0 Å². The molecule has 0 aliphatic carbocycles. The fraction of sp³-hybridized carbons (Fsp3) is 0.500. The lowest BCUT2D eigenvalue weighted by Crippen LogP contribution is -2.39. The van der Waals surface area contributed by atoms with Crippen molar-refractivity contribution in [2.75, 3.05) is 20.2 Å². The zero-order valence-electron chi connectivity index (χ0n) is 14.2. The minimum atomic E-state index is 0.117. The van der Waals surface area contributed by atoms with E-state index in [9.17, 15) is 4.79 Å². The second kappa shape index (κ2) is 7.47. The minimum absolute atomic E-state index is 0.117. The zero-order chi connectivity index (χ0) is 16.9. The van der Waals surface area contributed by atoms with Gasteiger partial charge in [0.1, 0.15) is 5.75 Å². The Hall–Kier alpha value is -2.37. The Bertz CT molecular complexity index is 698. The molecule has 3 rings (SSSR count). The first-order valence-corrected chi connectivity index (χ1v) is 8.47. The molecule has 128 valence electrons. The summed E-state index contributed by atoms with van der Waals surface area (Å²) in [7, 11) is 1.63. The van der Waals surface area contributed by atoms with Gasteiger partial charge in [-0.05, 0) is 31.4 Å². The number of likely N-dealkylation sites (tertiary alicyclic amines) is 1. The number of rotatable bonds is 5. The van der Waals surface area contributed by atoms with Gasteiger partial charge in [0.15, 0.2) is 0 Å². The lowest BCUT2D eigenvalue weighted by molar-refractivity contribution is -0.132. The van der Waals surface area contributed by atoms with Crippen molar-refractivity contribution in [3.63, 3.8) is 0 Å². The van der Waals surface area contributed by atoms with E-state index in [1.807, 2.05) is 36.1 Å². The van der Waals surface area contributed by atoms with Gasteiger partial charge in [-0.15, -0.1) is 0 Å². The van der Waals surface area contributed by atoms with Crippen LogP contribution in [0.1, 0.15) is 44.4 Å². The summed E-state index contributed by atoms with van der Waals surface area (Å²) in [4.78, 5) is 18.6. The van der Waals surface area contributed by atoms with Crippen LogP contribution in [0.5, 0.6) is 5.75 Å². The highest BCUT2D eigenvalue weighted by Crippen LogP contribution is 2.28. The fourth-order valence-corrected chi connectivity index (χ4v) is 3.06. The molecule has 0 spiro atoms. The van der Waals surface area contributed by atoms with Crippen LogP contribution in [-0.2, 0) is 4.79 Å². The standard InChI is InChI=1S/C18H23N3O3/c1-3-6-16(22)21-10-5-8-14(12-21)18-19-17(20-24-18)13-7-4-9-15(11-13)23-2/h4,7,9,11,14H,3,5-6,8,10,12H2,1-2H3/t14-/m1/s1. The topological polar surface area (TPSA) is 68.5 Å². The number of ether oxygens (including phenoxy) is 1. The van der Waals surface area contributed by atoms with Crippen LogP contribution in [0.4, 0.5) is 0 Å². The van der Waals surface area contributed by atoms with E-state index < -0.39 is 0 Å². The molecule has 1 amide bonds. The first-order chi connectivity index (χ1) is 11.7. The predicted octanol–water partition coefficient (Wildman–Crippen LogP) is 3.25. The molecule has 0 unspecified atom stereocenters. The molecule has 6 nitrogen and oxygen atoms in total. The largest absolute Gasteiger partial charge is 0.497 e. The third kappa shape index (κ3) is 3.58. The highest BCUT2D eigenvalue weighted by Gasteiger charge is 2.28. The van der Waals surface area contributed by atoms with Crippen molar-refractivity contribution in [2.45, 2.75) is 38.5 Å². The maximum absolute atomic E-state index is 12.1. The minimum Gasteiger partial charge on any atom is -0.497 e. The number of aromatic nitrogens is 2. The van der Waals surface area contributed by atoms with Crippen LogP contribution >= 0.6 is 0 Å². The number of methoxy groups -OCH3 is 1. The van der Waals surface area contributed by atoms with Crippen molar-refractivity contribution >= 4 is 5.91 Å². The molecule has 1 aliphatic rings. The molecule has 24 heavy (non-hydrogen) atoms. The van der Waals surface area contributed by atoms with Crippen LogP contribution in [0.25, 0.3) is 11.4 Å². The van der Waals surface area contributed by atoms with Gasteiger partial charge in [-0.2, -0.15) is 4.98 Å². The van der Waals surface area contributed by atoms with Gasteiger partial charge in [0.25, 0.3) is 0 Å². The Labute approximate surface area is 141 Å². The number of benzene rings is 1. The number of carbonyl (C=O) groups is 1. The fourth-order valence-electron chi connectivity index (χ4n) is 3.06. The van der Waals surface area contributed by atoms with Crippen molar-refractivity contribution in [3.8, 4) is 17.1 Å². The van der Waals surface area contributed by atoms with E-state index in [0.29, 0.717) is 24.7 Å². The molecule has 1 aromatic heterocycles. The summed E-state index contributed by atoms with van der Waals surface area (Å²) >= 11 is 0. The second-order valence-corrected chi connectivity index (χ2v) is 6.12. The molecule has 1 atom stereocenters. The van der Waals surface area contributed by atoms with E-state index in [1.54, 1.807) is 7.11 Å². The maximum Gasteiger partial charge on any atom is 0.231 e. The van der Waals surface area contributed by atoms with Gasteiger partial charge in [-0.3, -0.25) is 4.79 Å².